The van der Waals surface area contributed by atoms with Crippen molar-refractivity contribution in [2.75, 3.05) is 13.7 Å². The molecule has 0 aliphatic carbocycles. The first-order valence-corrected chi connectivity index (χ1v) is 5.39. The molecule has 0 spiro atoms. The summed E-state index contributed by atoms with van der Waals surface area (Å²) in [5, 5.41) is 8.77. The van der Waals surface area contributed by atoms with E-state index in [0.29, 0.717) is 6.61 Å². The molecule has 0 aliphatic rings. The second kappa shape index (κ2) is 5.88. The summed E-state index contributed by atoms with van der Waals surface area (Å²) in [6, 6.07) is 7.64. The SMILES string of the molecule is COCC(CC(=O)O)c1cccc(Br)c1. The molecule has 1 aromatic carbocycles. The molecule has 82 valence electrons. The molecule has 4 heteroatoms. The van der Waals surface area contributed by atoms with Crippen LogP contribution in [0.25, 0.3) is 0 Å². The van der Waals surface area contributed by atoms with Crippen molar-refractivity contribution in [1.82, 2.24) is 0 Å². The zero-order chi connectivity index (χ0) is 11.3. The van der Waals surface area contributed by atoms with Crippen molar-refractivity contribution in [2.24, 2.45) is 0 Å². The number of rotatable bonds is 5. The lowest BCUT2D eigenvalue weighted by Gasteiger charge is -2.14. The Morgan fingerprint density at radius 1 is 1.60 bits per heavy atom. The van der Waals surface area contributed by atoms with Crippen molar-refractivity contribution in [2.45, 2.75) is 12.3 Å². The van der Waals surface area contributed by atoms with Gasteiger partial charge >= 0.3 is 5.97 Å². The van der Waals surface area contributed by atoms with Gasteiger partial charge in [0.05, 0.1) is 13.0 Å². The number of carboxylic acid groups (broad SMARTS) is 1. The topological polar surface area (TPSA) is 46.5 Å². The zero-order valence-corrected chi connectivity index (χ0v) is 10.0. The van der Waals surface area contributed by atoms with Gasteiger partial charge in [0.15, 0.2) is 0 Å². The maximum Gasteiger partial charge on any atom is 0.304 e. The fraction of sp³-hybridized carbons (Fsp3) is 0.364. The molecule has 1 rings (SSSR count). The van der Waals surface area contributed by atoms with E-state index in [4.69, 9.17) is 9.84 Å². The van der Waals surface area contributed by atoms with E-state index in [2.05, 4.69) is 15.9 Å². The van der Waals surface area contributed by atoms with Crippen molar-refractivity contribution >= 4 is 21.9 Å². The van der Waals surface area contributed by atoms with Crippen molar-refractivity contribution in [1.29, 1.82) is 0 Å². The van der Waals surface area contributed by atoms with Gasteiger partial charge < -0.3 is 9.84 Å². The molecule has 15 heavy (non-hydrogen) atoms. The number of hydrogen-bond acceptors (Lipinski definition) is 2. The highest BCUT2D eigenvalue weighted by atomic mass is 79.9. The lowest BCUT2D eigenvalue weighted by atomic mass is 9.97. The van der Waals surface area contributed by atoms with Gasteiger partial charge in [-0.05, 0) is 17.7 Å². The molecular formula is C11H13BrO3. The summed E-state index contributed by atoms with van der Waals surface area (Å²) in [5.74, 6) is -0.901. The van der Waals surface area contributed by atoms with Crippen molar-refractivity contribution in [3.8, 4) is 0 Å². The summed E-state index contributed by atoms with van der Waals surface area (Å²) in [6.07, 6.45) is 0.0876. The van der Waals surface area contributed by atoms with Gasteiger partial charge in [0.1, 0.15) is 0 Å². The first-order chi connectivity index (χ1) is 7.13. The molecule has 1 aromatic rings. The molecule has 0 heterocycles. The predicted molar refractivity (Wildman–Crippen MR) is 61.0 cm³/mol. The van der Waals surface area contributed by atoms with E-state index in [1.165, 1.54) is 0 Å². The van der Waals surface area contributed by atoms with E-state index in [1.807, 2.05) is 24.3 Å². The highest BCUT2D eigenvalue weighted by Crippen LogP contribution is 2.23. The van der Waals surface area contributed by atoms with Gasteiger partial charge in [0.25, 0.3) is 0 Å². The van der Waals surface area contributed by atoms with E-state index in [0.717, 1.165) is 10.0 Å². The molecule has 0 saturated carbocycles. The van der Waals surface area contributed by atoms with Crippen LogP contribution in [-0.4, -0.2) is 24.8 Å². The van der Waals surface area contributed by atoms with Crippen LogP contribution >= 0.6 is 15.9 Å². The van der Waals surface area contributed by atoms with Crippen LogP contribution in [-0.2, 0) is 9.53 Å². The number of methoxy groups -OCH3 is 1. The minimum absolute atomic E-state index is 0.0876. The highest BCUT2D eigenvalue weighted by molar-refractivity contribution is 9.10. The third-order valence-corrected chi connectivity index (χ3v) is 2.60. The van der Waals surface area contributed by atoms with Crippen LogP contribution in [0.2, 0.25) is 0 Å². The van der Waals surface area contributed by atoms with E-state index in [9.17, 15) is 4.79 Å². The van der Waals surface area contributed by atoms with Gasteiger partial charge in [-0.3, -0.25) is 4.79 Å². The highest BCUT2D eigenvalue weighted by Gasteiger charge is 2.15. The van der Waals surface area contributed by atoms with E-state index in [-0.39, 0.29) is 12.3 Å². The standard InChI is InChI=1S/C11H13BrO3/c1-15-7-9(6-11(13)14)8-3-2-4-10(12)5-8/h2-5,9H,6-7H2,1H3,(H,13,14). The Bertz CT molecular complexity index is 338. The van der Waals surface area contributed by atoms with Crippen LogP contribution in [0.15, 0.2) is 28.7 Å². The van der Waals surface area contributed by atoms with Crippen LogP contribution in [0, 0.1) is 0 Å². The largest absolute Gasteiger partial charge is 0.481 e. The maximum absolute atomic E-state index is 10.7. The van der Waals surface area contributed by atoms with E-state index < -0.39 is 5.97 Å². The normalized spacial score (nSPS) is 12.4. The molecule has 3 nitrogen and oxygen atoms in total. The van der Waals surface area contributed by atoms with Crippen LogP contribution in [0.4, 0.5) is 0 Å². The molecule has 1 atom stereocenters. The van der Waals surface area contributed by atoms with Crippen molar-refractivity contribution < 1.29 is 14.6 Å². The predicted octanol–water partition coefficient (Wildman–Crippen LogP) is 2.65. The monoisotopic (exact) mass is 272 g/mol. The lowest BCUT2D eigenvalue weighted by molar-refractivity contribution is -0.137. The fourth-order valence-corrected chi connectivity index (χ4v) is 1.86. The maximum atomic E-state index is 10.7. The number of halogens is 1. The molecule has 0 fully saturated rings. The average molecular weight is 273 g/mol. The third-order valence-electron chi connectivity index (χ3n) is 2.11. The molecule has 0 radical (unpaired) electrons. The second-order valence-corrected chi connectivity index (χ2v) is 4.22. The average Bonchev–Trinajstić information content (AvgIpc) is 2.16. The van der Waals surface area contributed by atoms with Gasteiger partial charge in [-0.25, -0.2) is 0 Å². The Labute approximate surface area is 97.2 Å². The van der Waals surface area contributed by atoms with Crippen molar-refractivity contribution in [3.63, 3.8) is 0 Å². The first kappa shape index (κ1) is 12.2. The fourth-order valence-electron chi connectivity index (χ4n) is 1.45. The number of aliphatic carboxylic acids is 1. The molecule has 0 aliphatic heterocycles. The van der Waals surface area contributed by atoms with Gasteiger partial charge in [-0.15, -0.1) is 0 Å². The first-order valence-electron chi connectivity index (χ1n) is 4.59. The molecule has 0 amide bonds. The van der Waals surface area contributed by atoms with Crippen LogP contribution in [0.5, 0.6) is 0 Å². The molecule has 1 unspecified atom stereocenters. The zero-order valence-electron chi connectivity index (χ0n) is 8.44. The summed E-state index contributed by atoms with van der Waals surface area (Å²) >= 11 is 3.36. The quantitative estimate of drug-likeness (QED) is 0.897. The number of ether oxygens (including phenoxy) is 1. The number of benzene rings is 1. The van der Waals surface area contributed by atoms with Gasteiger partial charge in [-0.1, -0.05) is 28.1 Å². The lowest BCUT2D eigenvalue weighted by Crippen LogP contribution is -2.11. The summed E-state index contributed by atoms with van der Waals surface area (Å²) in [4.78, 5) is 10.7. The van der Waals surface area contributed by atoms with E-state index >= 15 is 0 Å². The van der Waals surface area contributed by atoms with Crippen molar-refractivity contribution in [3.05, 3.63) is 34.3 Å². The third kappa shape index (κ3) is 4.01. The Balaban J connectivity index is 2.83. The smallest absolute Gasteiger partial charge is 0.304 e. The number of hydrogen-bond donors (Lipinski definition) is 1. The molecule has 1 N–H and O–H groups in total. The summed E-state index contributed by atoms with van der Waals surface area (Å²) in [7, 11) is 1.58. The molecule has 0 saturated heterocycles. The Morgan fingerprint density at radius 3 is 2.87 bits per heavy atom. The van der Waals surface area contributed by atoms with Gasteiger partial charge in [-0.2, -0.15) is 0 Å². The Hall–Kier alpha value is -0.870. The second-order valence-electron chi connectivity index (χ2n) is 3.31. The molecular weight excluding hydrogens is 260 g/mol. The van der Waals surface area contributed by atoms with E-state index in [1.54, 1.807) is 7.11 Å². The Morgan fingerprint density at radius 2 is 2.33 bits per heavy atom. The van der Waals surface area contributed by atoms with Crippen LogP contribution in [0.1, 0.15) is 17.9 Å². The van der Waals surface area contributed by atoms with Crippen LogP contribution < -0.4 is 0 Å². The molecule has 0 bridgehead atoms. The summed E-state index contributed by atoms with van der Waals surface area (Å²) in [6.45, 7) is 0.419. The number of carboxylic acids is 1. The van der Waals surface area contributed by atoms with Gasteiger partial charge in [0, 0.05) is 17.5 Å². The molecule has 0 aromatic heterocycles. The Kier molecular flexibility index (Phi) is 4.78. The number of carbonyl (C=O) groups is 1. The minimum Gasteiger partial charge on any atom is -0.481 e. The summed E-state index contributed by atoms with van der Waals surface area (Å²) in [5.41, 5.74) is 0.980. The minimum atomic E-state index is -0.808. The summed E-state index contributed by atoms with van der Waals surface area (Å²) < 4.78 is 5.97. The van der Waals surface area contributed by atoms with Crippen LogP contribution in [0.3, 0.4) is 0 Å². The van der Waals surface area contributed by atoms with Gasteiger partial charge in [0.2, 0.25) is 0 Å².